The zero-order valence-electron chi connectivity index (χ0n) is 14.1. The van der Waals surface area contributed by atoms with E-state index in [1.165, 1.54) is 12.1 Å². The molecule has 4 rings (SSSR count). The van der Waals surface area contributed by atoms with Gasteiger partial charge in [-0.05, 0) is 36.1 Å². The molecule has 0 amide bonds. The molecular weight excluding hydrogens is 397 g/mol. The van der Waals surface area contributed by atoms with E-state index >= 15 is 0 Å². The van der Waals surface area contributed by atoms with Gasteiger partial charge in [-0.3, -0.25) is 4.98 Å². The number of rotatable bonds is 4. The van der Waals surface area contributed by atoms with Gasteiger partial charge in [0.15, 0.2) is 0 Å². The van der Waals surface area contributed by atoms with Gasteiger partial charge in [-0.1, -0.05) is 17.3 Å². The van der Waals surface area contributed by atoms with Crippen molar-refractivity contribution in [1.29, 1.82) is 0 Å². The first kappa shape index (κ1) is 18.6. The van der Waals surface area contributed by atoms with Crippen LogP contribution in [0.25, 0.3) is 11.4 Å². The lowest BCUT2D eigenvalue weighted by Crippen LogP contribution is -2.11. The third-order valence-corrected chi connectivity index (χ3v) is 5.48. The molecule has 0 unspecified atom stereocenters. The van der Waals surface area contributed by atoms with E-state index in [1.807, 2.05) is 0 Å². The van der Waals surface area contributed by atoms with Crippen molar-refractivity contribution >= 4 is 10.0 Å². The highest BCUT2D eigenvalue weighted by atomic mass is 32.2. The summed E-state index contributed by atoms with van der Waals surface area (Å²) in [5.74, 6) is -0.0791. The number of alkyl halides is 3. The van der Waals surface area contributed by atoms with Crippen molar-refractivity contribution in [2.45, 2.75) is 29.3 Å². The minimum Gasteiger partial charge on any atom is -0.339 e. The number of halogens is 3. The average molecular weight is 410 g/mol. The van der Waals surface area contributed by atoms with Gasteiger partial charge in [0.2, 0.25) is 21.7 Å². The summed E-state index contributed by atoms with van der Waals surface area (Å²) in [5, 5.41) is 8.75. The van der Waals surface area contributed by atoms with Gasteiger partial charge in [-0.15, -0.1) is 0 Å². The molecule has 2 heterocycles. The van der Waals surface area contributed by atoms with Crippen LogP contribution < -0.4 is 5.14 Å². The van der Waals surface area contributed by atoms with E-state index in [1.54, 1.807) is 12.1 Å². The number of primary sulfonamides is 1. The summed E-state index contributed by atoms with van der Waals surface area (Å²) < 4.78 is 67.2. The van der Waals surface area contributed by atoms with Gasteiger partial charge < -0.3 is 4.52 Å². The molecule has 1 aliphatic rings. The van der Waals surface area contributed by atoms with Crippen LogP contribution in [-0.2, 0) is 16.2 Å². The lowest BCUT2D eigenvalue weighted by Gasteiger charge is -2.08. The molecule has 1 fully saturated rings. The van der Waals surface area contributed by atoms with E-state index in [9.17, 15) is 21.6 Å². The maximum atomic E-state index is 13.1. The van der Waals surface area contributed by atoms with Crippen LogP contribution in [0.4, 0.5) is 13.2 Å². The van der Waals surface area contributed by atoms with Crippen LogP contribution in [0.1, 0.15) is 35.3 Å². The van der Waals surface area contributed by atoms with Crippen molar-refractivity contribution in [3.8, 4) is 11.4 Å². The molecule has 0 spiro atoms. The van der Waals surface area contributed by atoms with Gasteiger partial charge >= 0.3 is 6.18 Å². The fourth-order valence-electron chi connectivity index (χ4n) is 3.06. The van der Waals surface area contributed by atoms with Crippen molar-refractivity contribution in [3.63, 3.8) is 0 Å². The lowest BCUT2D eigenvalue weighted by molar-refractivity contribution is -0.137. The Morgan fingerprint density at radius 3 is 2.46 bits per heavy atom. The summed E-state index contributed by atoms with van der Waals surface area (Å²) in [6.07, 6.45) is -1.80. The average Bonchev–Trinajstić information content (AvgIpc) is 3.29. The minimum absolute atomic E-state index is 0.00443. The van der Waals surface area contributed by atoms with E-state index in [0.29, 0.717) is 6.42 Å². The highest BCUT2D eigenvalue weighted by Crippen LogP contribution is 2.54. The highest BCUT2D eigenvalue weighted by Gasteiger charge is 2.44. The zero-order valence-corrected chi connectivity index (χ0v) is 14.9. The van der Waals surface area contributed by atoms with E-state index < -0.39 is 21.8 Å². The summed E-state index contributed by atoms with van der Waals surface area (Å²) in [5.41, 5.74) is -0.282. The third-order valence-electron chi connectivity index (χ3n) is 4.55. The summed E-state index contributed by atoms with van der Waals surface area (Å²) in [6, 6.07) is 6.96. The molecule has 7 nitrogen and oxygen atoms in total. The van der Waals surface area contributed by atoms with Crippen molar-refractivity contribution in [1.82, 2.24) is 15.1 Å². The number of benzene rings is 1. The molecule has 0 aliphatic heterocycles. The molecule has 2 N–H and O–H groups in total. The Bertz CT molecular complexity index is 1130. The van der Waals surface area contributed by atoms with Crippen molar-refractivity contribution in [3.05, 3.63) is 59.7 Å². The van der Waals surface area contributed by atoms with E-state index in [0.717, 1.165) is 24.0 Å². The number of nitrogens with two attached hydrogens (primary N) is 1. The highest BCUT2D eigenvalue weighted by molar-refractivity contribution is 7.89. The zero-order chi connectivity index (χ0) is 20.1. The van der Waals surface area contributed by atoms with Gasteiger partial charge in [-0.2, -0.15) is 18.2 Å². The Morgan fingerprint density at radius 2 is 1.82 bits per heavy atom. The molecule has 0 radical (unpaired) electrons. The molecule has 11 heteroatoms. The first-order chi connectivity index (χ1) is 13.1. The lowest BCUT2D eigenvalue weighted by atomic mass is 10.1. The topological polar surface area (TPSA) is 112 Å². The number of hydrogen-bond acceptors (Lipinski definition) is 6. The molecular formula is C17H13F3N4O3S. The molecule has 2 atom stereocenters. The molecule has 1 aliphatic carbocycles. The molecule has 28 heavy (non-hydrogen) atoms. The monoisotopic (exact) mass is 410 g/mol. The van der Waals surface area contributed by atoms with Crippen molar-refractivity contribution in [2.24, 2.45) is 5.14 Å². The van der Waals surface area contributed by atoms with Crippen LogP contribution in [0.5, 0.6) is 0 Å². The Kier molecular flexibility index (Phi) is 4.23. The SMILES string of the molecule is NS(=O)(=O)c1ccc([C@@H]2C[C@H]2c2nc(-c3cnccc3C(F)(F)F)no2)cc1. The molecule has 2 aromatic heterocycles. The summed E-state index contributed by atoms with van der Waals surface area (Å²) >= 11 is 0. The van der Waals surface area contributed by atoms with Crippen LogP contribution in [0.2, 0.25) is 0 Å². The van der Waals surface area contributed by atoms with Crippen molar-refractivity contribution in [2.75, 3.05) is 0 Å². The Balaban J connectivity index is 1.56. The number of aromatic nitrogens is 3. The first-order valence-electron chi connectivity index (χ1n) is 8.12. The quantitative estimate of drug-likeness (QED) is 0.707. The minimum atomic E-state index is -4.56. The molecule has 0 bridgehead atoms. The summed E-state index contributed by atoms with van der Waals surface area (Å²) in [4.78, 5) is 7.83. The second kappa shape index (κ2) is 6.38. The summed E-state index contributed by atoms with van der Waals surface area (Å²) in [6.45, 7) is 0. The largest absolute Gasteiger partial charge is 0.417 e. The van der Waals surface area contributed by atoms with E-state index in [-0.39, 0.29) is 34.0 Å². The third kappa shape index (κ3) is 3.50. The molecule has 146 valence electrons. The summed E-state index contributed by atoms with van der Waals surface area (Å²) in [7, 11) is -3.77. The standard InChI is InChI=1S/C17H13F3N4O3S/c18-17(19,20)14-5-6-22-8-13(14)15-23-16(27-24-15)12-7-11(12)9-1-3-10(4-2-9)28(21,25)26/h1-6,8,11-12H,7H2,(H2,21,25,26)/t11-,12+/m0/s1. The number of nitrogens with zero attached hydrogens (tertiary/aromatic N) is 3. The fraction of sp³-hybridized carbons (Fsp3) is 0.235. The predicted molar refractivity (Wildman–Crippen MR) is 90.4 cm³/mol. The van der Waals surface area contributed by atoms with Crippen molar-refractivity contribution < 1.29 is 26.1 Å². The maximum Gasteiger partial charge on any atom is 0.417 e. The van der Waals surface area contributed by atoms with Crippen LogP contribution in [0.15, 0.2) is 52.1 Å². The van der Waals surface area contributed by atoms with Crippen LogP contribution in [-0.4, -0.2) is 23.5 Å². The van der Waals surface area contributed by atoms with Gasteiger partial charge in [0.1, 0.15) is 0 Å². The van der Waals surface area contributed by atoms with Gasteiger partial charge in [0.25, 0.3) is 0 Å². The smallest absolute Gasteiger partial charge is 0.339 e. The predicted octanol–water partition coefficient (Wildman–Crippen LogP) is 3.07. The first-order valence-corrected chi connectivity index (χ1v) is 9.67. The van der Waals surface area contributed by atoms with Gasteiger partial charge in [0, 0.05) is 18.3 Å². The Morgan fingerprint density at radius 1 is 1.11 bits per heavy atom. The number of pyridine rings is 1. The second-order valence-electron chi connectivity index (χ2n) is 6.44. The maximum absolute atomic E-state index is 13.1. The van der Waals surface area contributed by atoms with E-state index in [2.05, 4.69) is 15.1 Å². The van der Waals surface area contributed by atoms with Crippen LogP contribution in [0.3, 0.4) is 0 Å². The van der Waals surface area contributed by atoms with Crippen LogP contribution >= 0.6 is 0 Å². The molecule has 1 saturated carbocycles. The van der Waals surface area contributed by atoms with Crippen LogP contribution in [0, 0.1) is 0 Å². The van der Waals surface area contributed by atoms with Gasteiger partial charge in [-0.25, -0.2) is 13.6 Å². The Hall–Kier alpha value is -2.79. The molecule has 3 aromatic rings. The molecule has 1 aromatic carbocycles. The van der Waals surface area contributed by atoms with Gasteiger partial charge in [0.05, 0.1) is 16.0 Å². The number of hydrogen-bond donors (Lipinski definition) is 1. The Labute approximate surface area is 157 Å². The fourth-order valence-corrected chi connectivity index (χ4v) is 3.57. The van der Waals surface area contributed by atoms with E-state index in [4.69, 9.17) is 9.66 Å². The normalized spacial score (nSPS) is 19.6. The second-order valence-corrected chi connectivity index (χ2v) is 8.00. The molecule has 0 saturated heterocycles. The number of sulfonamides is 1.